The molecule has 0 aliphatic carbocycles. The molecule has 6 heteroatoms. The van der Waals surface area contributed by atoms with Crippen molar-refractivity contribution in [3.8, 4) is 5.75 Å². The lowest BCUT2D eigenvalue weighted by atomic mass is 10.2. The first kappa shape index (κ1) is 15.9. The lowest BCUT2D eigenvalue weighted by Crippen LogP contribution is -2.06. The second-order valence-corrected chi connectivity index (χ2v) is 6.04. The lowest BCUT2D eigenvalue weighted by Gasteiger charge is -2.10. The fourth-order valence-electron chi connectivity index (χ4n) is 1.76. The molecule has 0 aliphatic heterocycles. The van der Waals surface area contributed by atoms with Gasteiger partial charge < -0.3 is 15.2 Å². The second kappa shape index (κ2) is 6.95. The van der Waals surface area contributed by atoms with Crippen LogP contribution in [0.5, 0.6) is 5.75 Å². The fraction of sp³-hybridized carbons (Fsp3) is 0.133. The van der Waals surface area contributed by atoms with Gasteiger partial charge in [-0.1, -0.05) is 15.9 Å². The van der Waals surface area contributed by atoms with Crippen LogP contribution in [-0.4, -0.2) is 13.1 Å². The number of benzene rings is 2. The summed E-state index contributed by atoms with van der Waals surface area (Å²) in [7, 11) is 1.57. The van der Waals surface area contributed by atoms with Crippen LogP contribution in [0.1, 0.15) is 15.9 Å². The third-order valence-corrected chi connectivity index (χ3v) is 4.05. The standard InChI is InChI=1S/C15H13Br2NO3/c1-20-14-5-3-11(16)6-10(14)8-21-15(19)9-2-4-12(17)13(18)7-9/h2-7H,8,18H2,1H3. The van der Waals surface area contributed by atoms with E-state index in [4.69, 9.17) is 15.2 Å². The number of hydrogen-bond donors (Lipinski definition) is 1. The Kier molecular flexibility index (Phi) is 5.25. The van der Waals surface area contributed by atoms with E-state index in [0.29, 0.717) is 17.0 Å². The number of carbonyl (C=O) groups excluding carboxylic acids is 1. The van der Waals surface area contributed by atoms with E-state index in [2.05, 4.69) is 31.9 Å². The first-order chi connectivity index (χ1) is 10.0. The fourth-order valence-corrected chi connectivity index (χ4v) is 2.41. The molecule has 0 unspecified atom stereocenters. The highest BCUT2D eigenvalue weighted by Crippen LogP contribution is 2.25. The number of esters is 1. The summed E-state index contributed by atoms with van der Waals surface area (Å²) in [4.78, 5) is 12.0. The second-order valence-electron chi connectivity index (χ2n) is 4.27. The predicted molar refractivity (Wildman–Crippen MR) is 88.4 cm³/mol. The molecule has 2 rings (SSSR count). The highest BCUT2D eigenvalue weighted by atomic mass is 79.9. The van der Waals surface area contributed by atoms with Gasteiger partial charge in [-0.25, -0.2) is 4.79 Å². The van der Waals surface area contributed by atoms with Crippen LogP contribution in [0.4, 0.5) is 5.69 Å². The summed E-state index contributed by atoms with van der Waals surface area (Å²) in [6.07, 6.45) is 0. The summed E-state index contributed by atoms with van der Waals surface area (Å²) in [6, 6.07) is 10.5. The van der Waals surface area contributed by atoms with E-state index < -0.39 is 5.97 Å². The number of nitrogens with two attached hydrogens (primary N) is 1. The number of anilines is 1. The van der Waals surface area contributed by atoms with Gasteiger partial charge in [-0.3, -0.25) is 0 Å². The number of rotatable bonds is 4. The third kappa shape index (κ3) is 3.98. The minimum absolute atomic E-state index is 0.122. The molecule has 2 N–H and O–H groups in total. The van der Waals surface area contributed by atoms with Gasteiger partial charge in [0.15, 0.2) is 0 Å². The number of halogens is 2. The Hall–Kier alpha value is -1.53. The maximum Gasteiger partial charge on any atom is 0.338 e. The number of ether oxygens (including phenoxy) is 2. The smallest absolute Gasteiger partial charge is 0.338 e. The maximum atomic E-state index is 12.0. The van der Waals surface area contributed by atoms with Crippen molar-refractivity contribution in [3.05, 3.63) is 56.5 Å². The van der Waals surface area contributed by atoms with Crippen LogP contribution < -0.4 is 10.5 Å². The summed E-state index contributed by atoms with van der Waals surface area (Å²) in [5.74, 6) is 0.234. The first-order valence-corrected chi connectivity index (χ1v) is 7.64. The molecule has 0 fully saturated rings. The summed E-state index contributed by atoms with van der Waals surface area (Å²) in [5.41, 5.74) is 7.43. The molecular weight excluding hydrogens is 402 g/mol. The van der Waals surface area contributed by atoms with Gasteiger partial charge in [0.2, 0.25) is 0 Å². The molecule has 2 aromatic rings. The molecule has 4 nitrogen and oxygen atoms in total. The van der Waals surface area contributed by atoms with Crippen molar-refractivity contribution in [1.82, 2.24) is 0 Å². The SMILES string of the molecule is COc1ccc(Br)cc1COC(=O)c1ccc(Br)c(N)c1. The first-order valence-electron chi connectivity index (χ1n) is 6.06. The summed E-state index contributed by atoms with van der Waals surface area (Å²) in [6.45, 7) is 0.122. The van der Waals surface area contributed by atoms with Gasteiger partial charge in [0.05, 0.1) is 12.7 Å². The van der Waals surface area contributed by atoms with Gasteiger partial charge in [0.1, 0.15) is 12.4 Å². The maximum absolute atomic E-state index is 12.0. The Morgan fingerprint density at radius 2 is 1.95 bits per heavy atom. The Morgan fingerprint density at radius 1 is 1.19 bits per heavy atom. The monoisotopic (exact) mass is 413 g/mol. The minimum Gasteiger partial charge on any atom is -0.496 e. The summed E-state index contributed by atoms with van der Waals surface area (Å²) >= 11 is 6.66. The lowest BCUT2D eigenvalue weighted by molar-refractivity contribution is 0.0470. The molecule has 0 aromatic heterocycles. The zero-order chi connectivity index (χ0) is 15.4. The van der Waals surface area contributed by atoms with Crippen LogP contribution in [0.15, 0.2) is 45.3 Å². The van der Waals surface area contributed by atoms with Gasteiger partial charge in [0, 0.05) is 20.2 Å². The molecule has 21 heavy (non-hydrogen) atoms. The van der Waals surface area contributed by atoms with E-state index in [1.165, 1.54) is 0 Å². The van der Waals surface area contributed by atoms with E-state index in [1.54, 1.807) is 25.3 Å². The van der Waals surface area contributed by atoms with Crippen LogP contribution >= 0.6 is 31.9 Å². The van der Waals surface area contributed by atoms with Crippen molar-refractivity contribution in [2.75, 3.05) is 12.8 Å². The molecule has 0 amide bonds. The van der Waals surface area contributed by atoms with Gasteiger partial charge in [-0.05, 0) is 52.3 Å². The van der Waals surface area contributed by atoms with Crippen molar-refractivity contribution in [2.45, 2.75) is 6.61 Å². The molecule has 0 radical (unpaired) electrons. The largest absolute Gasteiger partial charge is 0.496 e. The Bertz CT molecular complexity index is 674. The van der Waals surface area contributed by atoms with Crippen LogP contribution in [-0.2, 0) is 11.3 Å². The Balaban J connectivity index is 2.10. The van der Waals surface area contributed by atoms with Crippen molar-refractivity contribution in [3.63, 3.8) is 0 Å². The average molecular weight is 415 g/mol. The summed E-state index contributed by atoms with van der Waals surface area (Å²) < 4.78 is 12.2. The van der Waals surface area contributed by atoms with Gasteiger partial charge in [-0.15, -0.1) is 0 Å². The topological polar surface area (TPSA) is 61.5 Å². The van der Waals surface area contributed by atoms with E-state index in [9.17, 15) is 4.79 Å². The summed E-state index contributed by atoms with van der Waals surface area (Å²) in [5, 5.41) is 0. The molecule has 110 valence electrons. The molecule has 0 spiro atoms. The Labute approximate surface area is 139 Å². The third-order valence-electron chi connectivity index (χ3n) is 2.83. The van der Waals surface area contributed by atoms with Gasteiger partial charge >= 0.3 is 5.97 Å². The number of nitrogen functional groups attached to an aromatic ring is 1. The van der Waals surface area contributed by atoms with Gasteiger partial charge in [0.25, 0.3) is 0 Å². The normalized spacial score (nSPS) is 10.2. The molecule has 0 aliphatic rings. The molecule has 0 bridgehead atoms. The molecular formula is C15H13Br2NO3. The highest BCUT2D eigenvalue weighted by molar-refractivity contribution is 9.10. The predicted octanol–water partition coefficient (Wildman–Crippen LogP) is 4.16. The van der Waals surface area contributed by atoms with Crippen molar-refractivity contribution >= 4 is 43.5 Å². The average Bonchev–Trinajstić information content (AvgIpc) is 2.47. The van der Waals surface area contributed by atoms with Crippen molar-refractivity contribution < 1.29 is 14.3 Å². The quantitative estimate of drug-likeness (QED) is 0.602. The van der Waals surface area contributed by atoms with Crippen molar-refractivity contribution in [1.29, 1.82) is 0 Å². The molecule has 0 saturated carbocycles. The van der Waals surface area contributed by atoms with Crippen LogP contribution in [0, 0.1) is 0 Å². The van der Waals surface area contributed by atoms with Crippen LogP contribution in [0.2, 0.25) is 0 Å². The number of carbonyl (C=O) groups is 1. The molecule has 0 saturated heterocycles. The van der Waals surface area contributed by atoms with E-state index >= 15 is 0 Å². The van der Waals surface area contributed by atoms with E-state index in [1.807, 2.05) is 18.2 Å². The number of hydrogen-bond acceptors (Lipinski definition) is 4. The Morgan fingerprint density at radius 3 is 2.62 bits per heavy atom. The van der Waals surface area contributed by atoms with Crippen molar-refractivity contribution in [2.24, 2.45) is 0 Å². The minimum atomic E-state index is -0.434. The molecule has 0 atom stereocenters. The van der Waals surface area contributed by atoms with Crippen LogP contribution in [0.3, 0.4) is 0 Å². The molecule has 0 heterocycles. The highest BCUT2D eigenvalue weighted by Gasteiger charge is 2.11. The number of methoxy groups -OCH3 is 1. The zero-order valence-electron chi connectivity index (χ0n) is 11.2. The zero-order valence-corrected chi connectivity index (χ0v) is 14.4. The van der Waals surface area contributed by atoms with Gasteiger partial charge in [-0.2, -0.15) is 0 Å². The van der Waals surface area contributed by atoms with E-state index in [-0.39, 0.29) is 6.61 Å². The molecule has 2 aromatic carbocycles. The van der Waals surface area contributed by atoms with Crippen LogP contribution in [0.25, 0.3) is 0 Å². The van der Waals surface area contributed by atoms with E-state index in [0.717, 1.165) is 14.5 Å².